The third-order valence-electron chi connectivity index (χ3n) is 3.44. The van der Waals surface area contributed by atoms with Gasteiger partial charge in [0, 0.05) is 6.26 Å². The maximum absolute atomic E-state index is 11.8. The number of aliphatic hydroxyl groups is 1. The van der Waals surface area contributed by atoms with Crippen LogP contribution in [-0.2, 0) is 14.6 Å². The molecule has 0 saturated heterocycles. The normalized spacial score (nSPS) is 26.5. The molecule has 112 valence electrons. The van der Waals surface area contributed by atoms with Crippen molar-refractivity contribution in [3.63, 3.8) is 0 Å². The van der Waals surface area contributed by atoms with Crippen LogP contribution in [0.2, 0.25) is 0 Å². The van der Waals surface area contributed by atoms with Gasteiger partial charge >= 0.3 is 0 Å². The van der Waals surface area contributed by atoms with Crippen molar-refractivity contribution in [3.8, 4) is 0 Å². The van der Waals surface area contributed by atoms with Gasteiger partial charge in [0.25, 0.3) is 0 Å². The van der Waals surface area contributed by atoms with Crippen molar-refractivity contribution in [1.29, 1.82) is 0 Å². The van der Waals surface area contributed by atoms with Gasteiger partial charge < -0.3 is 16.2 Å². The molecule has 1 fully saturated rings. The van der Waals surface area contributed by atoms with Crippen LogP contribution in [0, 0.1) is 0 Å². The van der Waals surface area contributed by atoms with Gasteiger partial charge in [-0.25, -0.2) is 8.42 Å². The van der Waals surface area contributed by atoms with Crippen LogP contribution >= 0.6 is 0 Å². The Labute approximate surface area is 114 Å². The number of carbonyl (C=O) groups excluding carboxylic acids is 1. The van der Waals surface area contributed by atoms with Crippen LogP contribution in [0.5, 0.6) is 0 Å². The van der Waals surface area contributed by atoms with Crippen molar-refractivity contribution in [3.05, 3.63) is 0 Å². The fourth-order valence-corrected chi connectivity index (χ4v) is 2.90. The standard InChI is InChI=1S/C12H24N2O4S/c1-19(17,18)8-7-9(13)12(16)14-10-5-3-2-4-6-11(10)15/h9-11,15H,2-8,13H2,1H3,(H,14,16). The van der Waals surface area contributed by atoms with Crippen molar-refractivity contribution in [2.24, 2.45) is 5.73 Å². The summed E-state index contributed by atoms with van der Waals surface area (Å²) >= 11 is 0. The van der Waals surface area contributed by atoms with Gasteiger partial charge in [-0.3, -0.25) is 4.79 Å². The average Bonchev–Trinajstić information content (AvgIpc) is 2.51. The van der Waals surface area contributed by atoms with Gasteiger partial charge in [0.05, 0.1) is 23.9 Å². The number of amides is 1. The summed E-state index contributed by atoms with van der Waals surface area (Å²) in [6.07, 6.45) is 5.11. The van der Waals surface area contributed by atoms with Crippen molar-refractivity contribution in [2.45, 2.75) is 56.7 Å². The zero-order valence-electron chi connectivity index (χ0n) is 11.3. The number of nitrogens with one attached hydrogen (secondary N) is 1. The van der Waals surface area contributed by atoms with E-state index in [4.69, 9.17) is 5.73 Å². The summed E-state index contributed by atoms with van der Waals surface area (Å²) in [5.74, 6) is -0.482. The lowest BCUT2D eigenvalue weighted by molar-refractivity contribution is -0.124. The van der Waals surface area contributed by atoms with Crippen LogP contribution in [0.25, 0.3) is 0 Å². The van der Waals surface area contributed by atoms with Gasteiger partial charge in [-0.15, -0.1) is 0 Å². The maximum Gasteiger partial charge on any atom is 0.237 e. The molecule has 1 rings (SSSR count). The first kappa shape index (κ1) is 16.4. The minimum Gasteiger partial charge on any atom is -0.391 e. The molecule has 3 atom stereocenters. The molecule has 1 aliphatic carbocycles. The number of nitrogens with two attached hydrogens (primary N) is 1. The second-order valence-corrected chi connectivity index (χ2v) is 7.61. The molecule has 0 radical (unpaired) electrons. The maximum atomic E-state index is 11.8. The monoisotopic (exact) mass is 292 g/mol. The molecule has 0 aromatic rings. The molecule has 0 bridgehead atoms. The van der Waals surface area contributed by atoms with E-state index >= 15 is 0 Å². The van der Waals surface area contributed by atoms with Gasteiger partial charge in [0.1, 0.15) is 9.84 Å². The van der Waals surface area contributed by atoms with Crippen LogP contribution in [0.4, 0.5) is 0 Å². The fraction of sp³-hybridized carbons (Fsp3) is 0.917. The zero-order chi connectivity index (χ0) is 14.5. The number of hydrogen-bond acceptors (Lipinski definition) is 5. The van der Waals surface area contributed by atoms with Gasteiger partial charge in [-0.05, 0) is 19.3 Å². The first-order valence-electron chi connectivity index (χ1n) is 6.71. The third kappa shape index (κ3) is 6.35. The number of sulfone groups is 1. The Bertz CT molecular complexity index is 397. The molecule has 7 heteroatoms. The number of rotatable bonds is 5. The van der Waals surface area contributed by atoms with E-state index in [0.29, 0.717) is 6.42 Å². The first-order valence-corrected chi connectivity index (χ1v) is 8.77. The summed E-state index contributed by atoms with van der Waals surface area (Å²) in [6.45, 7) is 0. The molecule has 0 spiro atoms. The second-order valence-electron chi connectivity index (χ2n) is 5.35. The number of hydrogen-bond donors (Lipinski definition) is 3. The Balaban J connectivity index is 2.44. The van der Waals surface area contributed by atoms with Gasteiger partial charge in [0.15, 0.2) is 0 Å². The Kier molecular flexibility index (Phi) is 6.22. The summed E-state index contributed by atoms with van der Waals surface area (Å²) in [4.78, 5) is 11.8. The Morgan fingerprint density at radius 2 is 2.00 bits per heavy atom. The van der Waals surface area contributed by atoms with E-state index in [1.165, 1.54) is 0 Å². The second kappa shape index (κ2) is 7.21. The molecule has 0 aromatic carbocycles. The van der Waals surface area contributed by atoms with E-state index < -0.39 is 22.0 Å². The molecule has 3 unspecified atom stereocenters. The van der Waals surface area contributed by atoms with Crippen LogP contribution in [0.15, 0.2) is 0 Å². The zero-order valence-corrected chi connectivity index (χ0v) is 12.2. The molecule has 1 saturated carbocycles. The molecule has 4 N–H and O–H groups in total. The number of aliphatic hydroxyl groups excluding tert-OH is 1. The summed E-state index contributed by atoms with van der Waals surface area (Å²) in [7, 11) is -3.11. The molecular weight excluding hydrogens is 268 g/mol. The van der Waals surface area contributed by atoms with E-state index in [1.807, 2.05) is 0 Å². The molecule has 6 nitrogen and oxygen atoms in total. The van der Waals surface area contributed by atoms with Crippen molar-refractivity contribution >= 4 is 15.7 Å². The molecule has 1 aliphatic rings. The lowest BCUT2D eigenvalue weighted by Crippen LogP contribution is -2.49. The minimum atomic E-state index is -3.11. The minimum absolute atomic E-state index is 0.102. The molecule has 0 aliphatic heterocycles. The first-order chi connectivity index (χ1) is 8.79. The van der Waals surface area contributed by atoms with Gasteiger partial charge in [0.2, 0.25) is 5.91 Å². The summed E-state index contributed by atoms with van der Waals surface area (Å²) in [5.41, 5.74) is 5.67. The van der Waals surface area contributed by atoms with E-state index in [1.54, 1.807) is 0 Å². The molecule has 0 aromatic heterocycles. The Morgan fingerprint density at radius 3 is 2.63 bits per heavy atom. The number of carbonyl (C=O) groups is 1. The van der Waals surface area contributed by atoms with E-state index in [-0.39, 0.29) is 24.1 Å². The summed E-state index contributed by atoms with van der Waals surface area (Å²) < 4.78 is 22.0. The topological polar surface area (TPSA) is 109 Å². The van der Waals surface area contributed by atoms with E-state index in [2.05, 4.69) is 5.32 Å². The summed E-state index contributed by atoms with van der Waals surface area (Å²) in [6, 6.07) is -1.11. The highest BCUT2D eigenvalue weighted by Crippen LogP contribution is 2.18. The SMILES string of the molecule is CS(=O)(=O)CCC(N)C(=O)NC1CCCCCC1O. The quantitative estimate of drug-likeness (QED) is 0.595. The van der Waals surface area contributed by atoms with Crippen LogP contribution in [0.3, 0.4) is 0 Å². The predicted molar refractivity (Wildman–Crippen MR) is 73.3 cm³/mol. The van der Waals surface area contributed by atoms with Crippen molar-refractivity contribution in [1.82, 2.24) is 5.32 Å². The Morgan fingerprint density at radius 1 is 1.37 bits per heavy atom. The van der Waals surface area contributed by atoms with Crippen LogP contribution < -0.4 is 11.1 Å². The molecule has 19 heavy (non-hydrogen) atoms. The van der Waals surface area contributed by atoms with E-state index in [0.717, 1.165) is 31.9 Å². The van der Waals surface area contributed by atoms with Crippen molar-refractivity contribution < 1.29 is 18.3 Å². The average molecular weight is 292 g/mol. The summed E-state index contributed by atoms with van der Waals surface area (Å²) in [5, 5.41) is 12.6. The highest BCUT2D eigenvalue weighted by molar-refractivity contribution is 7.90. The lowest BCUT2D eigenvalue weighted by Gasteiger charge is -2.23. The lowest BCUT2D eigenvalue weighted by atomic mass is 10.1. The third-order valence-corrected chi connectivity index (χ3v) is 4.42. The molecule has 1 amide bonds. The largest absolute Gasteiger partial charge is 0.391 e. The van der Waals surface area contributed by atoms with E-state index in [9.17, 15) is 18.3 Å². The van der Waals surface area contributed by atoms with Gasteiger partial charge in [-0.2, -0.15) is 0 Å². The smallest absolute Gasteiger partial charge is 0.237 e. The van der Waals surface area contributed by atoms with Crippen molar-refractivity contribution in [2.75, 3.05) is 12.0 Å². The highest BCUT2D eigenvalue weighted by atomic mass is 32.2. The van der Waals surface area contributed by atoms with Crippen LogP contribution in [-0.4, -0.2) is 49.6 Å². The highest BCUT2D eigenvalue weighted by Gasteiger charge is 2.25. The predicted octanol–water partition coefficient (Wildman–Crippen LogP) is -0.442. The molecular formula is C12H24N2O4S. The Hall–Kier alpha value is -0.660. The fourth-order valence-electron chi connectivity index (χ4n) is 2.22. The molecule has 0 heterocycles. The van der Waals surface area contributed by atoms with Gasteiger partial charge in [-0.1, -0.05) is 19.3 Å². The van der Waals surface area contributed by atoms with Crippen LogP contribution in [0.1, 0.15) is 38.5 Å².